The maximum Gasteiger partial charge on any atom is 0.292 e. The predicted octanol–water partition coefficient (Wildman–Crippen LogP) is 3.31. The molecular weight excluding hydrogens is 494 g/mol. The van der Waals surface area contributed by atoms with Crippen molar-refractivity contribution in [1.29, 1.82) is 0 Å². The molecule has 2 heterocycles. The summed E-state index contributed by atoms with van der Waals surface area (Å²) in [5.41, 5.74) is 1.81. The summed E-state index contributed by atoms with van der Waals surface area (Å²) in [4.78, 5) is 13.7. The van der Waals surface area contributed by atoms with Crippen molar-refractivity contribution in [3.63, 3.8) is 0 Å². The fourth-order valence-corrected chi connectivity index (χ4v) is 9.77. The van der Waals surface area contributed by atoms with Gasteiger partial charge in [-0.2, -0.15) is 17.0 Å². The lowest BCUT2D eigenvalue weighted by Crippen LogP contribution is -2.55. The summed E-state index contributed by atoms with van der Waals surface area (Å²) in [7, 11) is -3.50. The van der Waals surface area contributed by atoms with E-state index in [9.17, 15) is 18.5 Å². The van der Waals surface area contributed by atoms with Crippen molar-refractivity contribution in [2.75, 3.05) is 62.7 Å². The molecular formula is C26H39N5O5S. The number of nitrogens with zero attached hydrogens (tertiary/aromatic N) is 4. The lowest BCUT2D eigenvalue weighted by molar-refractivity contribution is -0.384. The number of morpholine rings is 1. The molecule has 11 heteroatoms. The number of anilines is 2. The highest BCUT2D eigenvalue weighted by Gasteiger charge is 2.53. The molecule has 1 N–H and O–H groups in total. The lowest BCUT2D eigenvalue weighted by atomic mass is 9.48. The molecule has 2 aliphatic heterocycles. The summed E-state index contributed by atoms with van der Waals surface area (Å²) in [5, 5.41) is 15.5. The molecule has 1 aromatic carbocycles. The number of ether oxygens (including phenoxy) is 1. The first kappa shape index (κ1) is 25.3. The largest absolute Gasteiger partial charge is 0.379 e. The van der Waals surface area contributed by atoms with Crippen molar-refractivity contribution in [3.05, 3.63) is 28.3 Å². The minimum atomic E-state index is -3.50. The average Bonchev–Trinajstić information content (AvgIpc) is 2.88. The molecule has 2 saturated heterocycles. The van der Waals surface area contributed by atoms with Gasteiger partial charge in [0, 0.05) is 57.1 Å². The molecule has 1 atom stereocenters. The Labute approximate surface area is 219 Å². The van der Waals surface area contributed by atoms with Gasteiger partial charge >= 0.3 is 0 Å². The van der Waals surface area contributed by atoms with Crippen molar-refractivity contribution in [2.24, 2.45) is 23.2 Å². The Bertz CT molecular complexity index is 1090. The first-order valence-electron chi connectivity index (χ1n) is 13.9. The van der Waals surface area contributed by atoms with Gasteiger partial charge in [0.2, 0.25) is 0 Å². The number of benzene rings is 1. The number of nitro groups is 1. The van der Waals surface area contributed by atoms with Gasteiger partial charge in [0.25, 0.3) is 15.9 Å². The maximum absolute atomic E-state index is 13.0. The van der Waals surface area contributed by atoms with Crippen molar-refractivity contribution in [1.82, 2.24) is 8.61 Å². The molecule has 1 aromatic rings. The zero-order valence-electron chi connectivity index (χ0n) is 21.7. The number of hydrogen-bond donors (Lipinski definition) is 1. The Kier molecular flexibility index (Phi) is 6.61. The van der Waals surface area contributed by atoms with Crippen LogP contribution in [0.15, 0.2) is 18.2 Å². The number of nitro benzene ring substituents is 1. The van der Waals surface area contributed by atoms with E-state index >= 15 is 0 Å². The average molecular weight is 534 g/mol. The number of nitrogens with one attached hydrogen (secondary N) is 1. The van der Waals surface area contributed by atoms with Crippen LogP contribution in [0.2, 0.25) is 0 Å². The summed E-state index contributed by atoms with van der Waals surface area (Å²) < 4.78 is 34.4. The van der Waals surface area contributed by atoms with Gasteiger partial charge in [-0.3, -0.25) is 10.1 Å². The van der Waals surface area contributed by atoms with Crippen molar-refractivity contribution < 1.29 is 18.1 Å². The summed E-state index contributed by atoms with van der Waals surface area (Å²) in [6.45, 7) is 5.74. The molecule has 37 heavy (non-hydrogen) atoms. The lowest BCUT2D eigenvalue weighted by Gasteiger charge is -2.59. The number of hydrogen-bond acceptors (Lipinski definition) is 7. The number of rotatable bonds is 7. The predicted molar refractivity (Wildman–Crippen MR) is 142 cm³/mol. The van der Waals surface area contributed by atoms with Crippen LogP contribution in [-0.4, -0.2) is 80.5 Å². The van der Waals surface area contributed by atoms with Crippen LogP contribution in [0.3, 0.4) is 0 Å². The van der Waals surface area contributed by atoms with E-state index in [-0.39, 0.29) is 22.1 Å². The molecule has 0 radical (unpaired) electrons. The highest BCUT2D eigenvalue weighted by atomic mass is 32.2. The zero-order chi connectivity index (χ0) is 25.8. The van der Waals surface area contributed by atoms with Gasteiger partial charge < -0.3 is 15.0 Å². The van der Waals surface area contributed by atoms with Gasteiger partial charge in [-0.25, -0.2) is 0 Å². The molecule has 4 saturated carbocycles. The van der Waals surface area contributed by atoms with Crippen LogP contribution < -0.4 is 10.2 Å². The first-order chi connectivity index (χ1) is 17.7. The Hall–Kier alpha value is -1.95. The Balaban J connectivity index is 1.16. The van der Waals surface area contributed by atoms with Gasteiger partial charge in [0.1, 0.15) is 5.69 Å². The summed E-state index contributed by atoms with van der Waals surface area (Å²) in [6.07, 6.45) is 7.82. The van der Waals surface area contributed by atoms with Crippen LogP contribution in [0.5, 0.6) is 0 Å². The summed E-state index contributed by atoms with van der Waals surface area (Å²) in [5.74, 6) is 2.46. The third-order valence-corrected chi connectivity index (χ3v) is 11.8. The van der Waals surface area contributed by atoms with E-state index in [1.807, 2.05) is 6.07 Å². The number of piperazine rings is 1. The highest BCUT2D eigenvalue weighted by Crippen LogP contribution is 2.61. The minimum Gasteiger partial charge on any atom is -0.379 e. The Morgan fingerprint density at radius 1 is 0.973 bits per heavy atom. The molecule has 4 aliphatic carbocycles. The van der Waals surface area contributed by atoms with E-state index in [2.05, 4.69) is 17.1 Å². The van der Waals surface area contributed by atoms with Crippen LogP contribution >= 0.6 is 0 Å². The van der Waals surface area contributed by atoms with Gasteiger partial charge in [-0.1, -0.05) is 0 Å². The third-order valence-electron chi connectivity index (χ3n) is 9.78. The van der Waals surface area contributed by atoms with E-state index in [1.165, 1.54) is 42.8 Å². The van der Waals surface area contributed by atoms with E-state index in [4.69, 9.17) is 4.74 Å². The molecule has 7 rings (SSSR count). The van der Waals surface area contributed by atoms with Gasteiger partial charge in [0.05, 0.1) is 18.1 Å². The van der Waals surface area contributed by atoms with Crippen LogP contribution in [0.4, 0.5) is 17.1 Å². The van der Waals surface area contributed by atoms with E-state index in [0.717, 1.165) is 23.4 Å². The van der Waals surface area contributed by atoms with Gasteiger partial charge in [0.15, 0.2) is 0 Å². The van der Waals surface area contributed by atoms with E-state index in [0.29, 0.717) is 58.2 Å². The van der Waals surface area contributed by atoms with Gasteiger partial charge in [-0.05, 0) is 80.8 Å². The van der Waals surface area contributed by atoms with Crippen LogP contribution in [0.25, 0.3) is 0 Å². The van der Waals surface area contributed by atoms with Crippen LogP contribution in [0.1, 0.15) is 45.4 Å². The zero-order valence-corrected chi connectivity index (χ0v) is 22.5. The standard InChI is InChI=1S/C26H39N5O5S/c1-19(26-16-20-12-21(17-26)14-22(13-20)18-26)27-24-15-23(2-3-25(24)31(32)33)28-4-6-29(7-5-28)37(34,35)30-8-10-36-11-9-30/h2-3,15,19-22,27H,4-14,16-18H2,1H3/t19-,20?,21?,22?,26?/m1/s1. The molecule has 0 amide bonds. The molecule has 0 spiro atoms. The minimum absolute atomic E-state index is 0.105. The van der Waals surface area contributed by atoms with Crippen molar-refractivity contribution >= 4 is 27.3 Å². The fraction of sp³-hybridized carbons (Fsp3) is 0.769. The SMILES string of the molecule is C[C@@H](Nc1cc(N2CCN(S(=O)(=O)N3CCOCC3)CC2)ccc1[N+](=O)[O-])C12CC3CC(CC(C3)C1)C2. The Morgan fingerprint density at radius 2 is 1.54 bits per heavy atom. The smallest absolute Gasteiger partial charge is 0.292 e. The topological polar surface area (TPSA) is 108 Å². The second kappa shape index (κ2) is 9.66. The maximum atomic E-state index is 13.0. The molecule has 10 nitrogen and oxygen atoms in total. The molecule has 0 unspecified atom stereocenters. The molecule has 204 valence electrons. The molecule has 4 bridgehead atoms. The van der Waals surface area contributed by atoms with Crippen LogP contribution in [-0.2, 0) is 14.9 Å². The quantitative estimate of drug-likeness (QED) is 0.423. The molecule has 0 aromatic heterocycles. The second-order valence-electron chi connectivity index (χ2n) is 12.0. The normalized spacial score (nSPS) is 33.4. The molecule has 6 aliphatic rings. The fourth-order valence-electron chi connectivity index (χ4n) is 8.21. The van der Waals surface area contributed by atoms with Crippen molar-refractivity contribution in [2.45, 2.75) is 51.5 Å². The monoisotopic (exact) mass is 533 g/mol. The van der Waals surface area contributed by atoms with Gasteiger partial charge in [-0.15, -0.1) is 0 Å². The summed E-state index contributed by atoms with van der Waals surface area (Å²) >= 11 is 0. The van der Waals surface area contributed by atoms with Crippen molar-refractivity contribution in [3.8, 4) is 0 Å². The second-order valence-corrected chi connectivity index (χ2v) is 13.9. The third kappa shape index (κ3) is 4.72. The molecule has 6 fully saturated rings. The summed E-state index contributed by atoms with van der Waals surface area (Å²) in [6, 6.07) is 5.47. The Morgan fingerprint density at radius 3 is 2.11 bits per heavy atom. The van der Waals surface area contributed by atoms with E-state index in [1.54, 1.807) is 16.4 Å². The first-order valence-corrected chi connectivity index (χ1v) is 15.3. The van der Waals surface area contributed by atoms with Crippen LogP contribution in [0, 0.1) is 33.3 Å². The highest BCUT2D eigenvalue weighted by molar-refractivity contribution is 7.86. The van der Waals surface area contributed by atoms with E-state index < -0.39 is 10.2 Å².